The van der Waals surface area contributed by atoms with E-state index in [1.165, 1.54) is 5.56 Å². The maximum atomic E-state index is 13.6. The van der Waals surface area contributed by atoms with Gasteiger partial charge in [0.2, 0.25) is 0 Å². The van der Waals surface area contributed by atoms with Gasteiger partial charge in [-0.15, -0.1) is 0 Å². The molecule has 0 saturated heterocycles. The number of rotatable bonds is 3. The van der Waals surface area contributed by atoms with Gasteiger partial charge >= 0.3 is 0 Å². The molecule has 0 amide bonds. The Labute approximate surface area is 166 Å². The van der Waals surface area contributed by atoms with Crippen LogP contribution in [0.25, 0.3) is 5.57 Å². The number of nitrogens with zero attached hydrogens (tertiary/aromatic N) is 1. The average molecular weight is 388 g/mol. The number of aryl methyl sites for hydroxylation is 1. The van der Waals surface area contributed by atoms with Gasteiger partial charge < -0.3 is 0 Å². The molecule has 0 bridgehead atoms. The molecule has 2 atom stereocenters. The molecule has 0 radical (unpaired) electrons. The largest absolute Gasteiger partial charge is 0.264 e. The third-order valence-corrected chi connectivity index (χ3v) is 7.59. The van der Waals surface area contributed by atoms with E-state index in [0.29, 0.717) is 4.90 Å². The summed E-state index contributed by atoms with van der Waals surface area (Å²) in [6, 6.07) is 25.1. The van der Waals surface area contributed by atoms with Crippen LogP contribution >= 0.6 is 0 Å². The van der Waals surface area contributed by atoms with Gasteiger partial charge in [-0.3, -0.25) is 4.31 Å². The second-order valence-electron chi connectivity index (χ2n) is 7.52. The van der Waals surface area contributed by atoms with Gasteiger partial charge in [0.05, 0.1) is 16.6 Å². The molecule has 0 unspecified atom stereocenters. The Kier molecular flexibility index (Phi) is 3.91. The zero-order chi connectivity index (χ0) is 19.3. The fourth-order valence-corrected chi connectivity index (χ4v) is 6.05. The molecule has 5 rings (SSSR count). The summed E-state index contributed by atoms with van der Waals surface area (Å²) < 4.78 is 28.8. The summed E-state index contributed by atoms with van der Waals surface area (Å²) in [6.07, 6.45) is 3.02. The minimum absolute atomic E-state index is 0.158. The minimum atomic E-state index is -3.64. The van der Waals surface area contributed by atoms with Crippen LogP contribution < -0.4 is 4.31 Å². The molecule has 0 spiro atoms. The van der Waals surface area contributed by atoms with E-state index < -0.39 is 10.0 Å². The van der Waals surface area contributed by atoms with Gasteiger partial charge in [-0.25, -0.2) is 8.42 Å². The lowest BCUT2D eigenvalue weighted by atomic mass is 9.98. The highest BCUT2D eigenvalue weighted by atomic mass is 32.2. The summed E-state index contributed by atoms with van der Waals surface area (Å²) in [6.45, 7) is 1.96. The molecule has 1 aliphatic heterocycles. The van der Waals surface area contributed by atoms with Crippen LogP contribution in [0.3, 0.4) is 0 Å². The van der Waals surface area contributed by atoms with Crippen LogP contribution in [0.15, 0.2) is 89.8 Å². The first-order chi connectivity index (χ1) is 13.6. The minimum Gasteiger partial charge on any atom is -0.258 e. The number of para-hydroxylation sites is 1. The highest BCUT2D eigenvalue weighted by Crippen LogP contribution is 2.51. The van der Waals surface area contributed by atoms with Crippen LogP contribution in [0, 0.1) is 6.92 Å². The fraction of sp³-hybridized carbons (Fsp3) is 0.167. The summed E-state index contributed by atoms with van der Waals surface area (Å²) in [7, 11) is -3.64. The summed E-state index contributed by atoms with van der Waals surface area (Å²) in [5.74, 6) is 0.227. The van der Waals surface area contributed by atoms with E-state index in [2.05, 4.69) is 18.2 Å². The number of fused-ring (bicyclic) bond motifs is 3. The van der Waals surface area contributed by atoms with Crippen molar-refractivity contribution in [3.05, 3.63) is 102 Å². The second-order valence-corrected chi connectivity index (χ2v) is 9.34. The molecule has 1 aliphatic carbocycles. The van der Waals surface area contributed by atoms with Crippen molar-refractivity contribution in [3.8, 4) is 0 Å². The maximum absolute atomic E-state index is 13.6. The van der Waals surface area contributed by atoms with Crippen molar-refractivity contribution < 1.29 is 8.42 Å². The Morgan fingerprint density at radius 3 is 2.29 bits per heavy atom. The molecule has 3 aromatic carbocycles. The van der Waals surface area contributed by atoms with Crippen LogP contribution in [0.4, 0.5) is 5.69 Å². The Morgan fingerprint density at radius 2 is 1.54 bits per heavy atom. The molecule has 140 valence electrons. The van der Waals surface area contributed by atoms with E-state index in [1.807, 2.05) is 61.5 Å². The smallest absolute Gasteiger partial charge is 0.258 e. The van der Waals surface area contributed by atoms with E-state index in [0.717, 1.165) is 28.8 Å². The van der Waals surface area contributed by atoms with Crippen molar-refractivity contribution in [1.82, 2.24) is 0 Å². The Morgan fingerprint density at radius 1 is 0.857 bits per heavy atom. The molecule has 28 heavy (non-hydrogen) atoms. The van der Waals surface area contributed by atoms with Crippen LogP contribution in [0.2, 0.25) is 0 Å². The van der Waals surface area contributed by atoms with E-state index in [9.17, 15) is 8.42 Å². The summed E-state index contributed by atoms with van der Waals surface area (Å²) in [4.78, 5) is 0.345. The molecule has 0 N–H and O–H groups in total. The van der Waals surface area contributed by atoms with E-state index in [4.69, 9.17) is 0 Å². The topological polar surface area (TPSA) is 37.4 Å². The predicted octanol–water partition coefficient (Wildman–Crippen LogP) is 5.14. The molecule has 0 saturated carbocycles. The molecular formula is C24H21NO2S. The zero-order valence-corrected chi connectivity index (χ0v) is 16.4. The van der Waals surface area contributed by atoms with Gasteiger partial charge in [-0.05, 0) is 42.7 Å². The van der Waals surface area contributed by atoms with Crippen molar-refractivity contribution >= 4 is 21.3 Å². The van der Waals surface area contributed by atoms with Crippen molar-refractivity contribution in [3.63, 3.8) is 0 Å². The first kappa shape index (κ1) is 17.3. The average Bonchev–Trinajstić information content (AvgIpc) is 3.26. The lowest BCUT2D eigenvalue weighted by molar-refractivity contribution is 0.583. The standard InChI is InChI=1S/C24H21NO2S/c1-17-11-13-20(14-12-17)28(26,27)25-23-10-6-5-9-21(23)22-15-19(16-24(22)25)18-7-3-2-4-8-18/h2-15,19,24H,16H2,1H3/t19-,24-/m1/s1. The van der Waals surface area contributed by atoms with Crippen molar-refractivity contribution in [1.29, 1.82) is 0 Å². The maximum Gasteiger partial charge on any atom is 0.264 e. The lowest BCUT2D eigenvalue weighted by Gasteiger charge is -2.26. The predicted molar refractivity (Wildman–Crippen MR) is 113 cm³/mol. The number of hydrogen-bond donors (Lipinski definition) is 0. The van der Waals surface area contributed by atoms with Gasteiger partial charge in [0.15, 0.2) is 0 Å². The first-order valence-corrected chi connectivity index (χ1v) is 11.0. The number of allylic oxidation sites excluding steroid dienone is 1. The molecule has 0 fully saturated rings. The van der Waals surface area contributed by atoms with Crippen molar-refractivity contribution in [2.24, 2.45) is 0 Å². The number of sulfonamides is 1. The molecule has 3 aromatic rings. The quantitative estimate of drug-likeness (QED) is 0.624. The molecule has 0 aromatic heterocycles. The number of hydrogen-bond acceptors (Lipinski definition) is 2. The normalized spacial score (nSPS) is 20.6. The number of anilines is 1. The van der Waals surface area contributed by atoms with E-state index in [-0.39, 0.29) is 12.0 Å². The van der Waals surface area contributed by atoms with Crippen molar-refractivity contribution in [2.75, 3.05) is 4.31 Å². The molecule has 3 nitrogen and oxygen atoms in total. The number of benzene rings is 3. The summed E-state index contributed by atoms with van der Waals surface area (Å²) >= 11 is 0. The van der Waals surface area contributed by atoms with Gasteiger partial charge in [0.25, 0.3) is 10.0 Å². The SMILES string of the molecule is Cc1ccc(S(=O)(=O)N2c3ccccc3C3=C[C@@H](c4ccccc4)C[C@H]32)cc1. The monoisotopic (exact) mass is 387 g/mol. The zero-order valence-electron chi connectivity index (χ0n) is 15.6. The second kappa shape index (κ2) is 6.35. The Hall–Kier alpha value is -2.85. The Bertz CT molecular complexity index is 1160. The van der Waals surface area contributed by atoms with E-state index >= 15 is 0 Å². The van der Waals surface area contributed by atoms with Crippen LogP contribution in [-0.2, 0) is 10.0 Å². The van der Waals surface area contributed by atoms with Crippen molar-refractivity contribution in [2.45, 2.75) is 30.2 Å². The van der Waals surface area contributed by atoms with Crippen LogP contribution in [0.5, 0.6) is 0 Å². The van der Waals surface area contributed by atoms with Gasteiger partial charge in [0, 0.05) is 11.5 Å². The van der Waals surface area contributed by atoms with Crippen LogP contribution in [-0.4, -0.2) is 14.5 Å². The van der Waals surface area contributed by atoms with E-state index in [1.54, 1.807) is 16.4 Å². The highest BCUT2D eigenvalue weighted by molar-refractivity contribution is 7.93. The molecule has 2 aliphatic rings. The first-order valence-electron chi connectivity index (χ1n) is 9.53. The third-order valence-electron chi connectivity index (χ3n) is 5.76. The molecular weight excluding hydrogens is 366 g/mol. The lowest BCUT2D eigenvalue weighted by Crippen LogP contribution is -2.36. The summed E-state index contributed by atoms with van der Waals surface area (Å²) in [5.41, 5.74) is 5.22. The molecule has 1 heterocycles. The fourth-order valence-electron chi connectivity index (χ4n) is 4.39. The van der Waals surface area contributed by atoms with Gasteiger partial charge in [-0.1, -0.05) is 72.3 Å². The highest BCUT2D eigenvalue weighted by Gasteiger charge is 2.45. The van der Waals surface area contributed by atoms with Gasteiger partial charge in [-0.2, -0.15) is 0 Å². The Balaban J connectivity index is 1.62. The van der Waals surface area contributed by atoms with Gasteiger partial charge in [0.1, 0.15) is 0 Å². The summed E-state index contributed by atoms with van der Waals surface area (Å²) in [5, 5.41) is 0. The molecule has 4 heteroatoms. The third kappa shape index (κ3) is 2.60. The van der Waals surface area contributed by atoms with Crippen LogP contribution in [0.1, 0.15) is 29.0 Å².